The summed E-state index contributed by atoms with van der Waals surface area (Å²) in [5, 5.41) is 21.0. The summed E-state index contributed by atoms with van der Waals surface area (Å²) in [7, 11) is -3.20. The molecule has 0 bridgehead atoms. The van der Waals surface area contributed by atoms with E-state index in [1.807, 2.05) is 18.2 Å². The second-order valence-electron chi connectivity index (χ2n) is 10.6. The number of anilines is 1. The standard InChI is InChI=1S/C28H32ClN9O2S/c1-31-25-17-33-28(35-23-9-11-37(12-10-23)41(2,39)40)36-27(25)21-16-34-38(18-21)26-8-5-20(13-24(26)29)15-32-22-6-3-19(14-30)4-7-22/h5,8,13,16-19,22-23,32H,3-4,6-7,9-12,15H2,2H3,(H,33,35,36). The van der Waals surface area contributed by atoms with Crippen molar-refractivity contribution in [2.45, 2.75) is 57.2 Å². The highest BCUT2D eigenvalue weighted by Gasteiger charge is 2.26. The molecule has 2 aromatic heterocycles. The molecule has 1 saturated heterocycles. The minimum Gasteiger partial charge on any atom is -0.351 e. The second kappa shape index (κ2) is 12.5. The number of nitrogens with zero attached hydrogens (tertiary/aromatic N) is 7. The molecule has 2 fully saturated rings. The number of nitrogens with one attached hydrogen (secondary N) is 2. The van der Waals surface area contributed by atoms with Gasteiger partial charge in [0.15, 0.2) is 0 Å². The monoisotopic (exact) mass is 593 g/mol. The van der Waals surface area contributed by atoms with Crippen LogP contribution < -0.4 is 10.6 Å². The fourth-order valence-electron chi connectivity index (χ4n) is 5.37. The first-order valence-corrected chi connectivity index (χ1v) is 15.9. The number of rotatable bonds is 8. The molecule has 0 atom stereocenters. The lowest BCUT2D eigenvalue weighted by molar-refractivity contribution is 0.331. The summed E-state index contributed by atoms with van der Waals surface area (Å²) in [4.78, 5) is 12.5. The normalized spacial score (nSPS) is 20.3. The molecule has 1 saturated carbocycles. The number of nitriles is 1. The Morgan fingerprint density at radius 1 is 1.15 bits per heavy atom. The summed E-state index contributed by atoms with van der Waals surface area (Å²) in [6.07, 6.45) is 11.3. The molecule has 0 amide bonds. The van der Waals surface area contributed by atoms with Crippen molar-refractivity contribution in [1.29, 1.82) is 5.26 Å². The van der Waals surface area contributed by atoms with Crippen LogP contribution in [0.5, 0.6) is 0 Å². The molecule has 1 aliphatic carbocycles. The first kappa shape index (κ1) is 29.0. The van der Waals surface area contributed by atoms with Gasteiger partial charge in [0.1, 0.15) is 0 Å². The molecule has 3 aromatic rings. The van der Waals surface area contributed by atoms with Crippen LogP contribution in [0.4, 0.5) is 11.6 Å². The summed E-state index contributed by atoms with van der Waals surface area (Å²) in [6.45, 7) is 9.17. The molecule has 0 unspecified atom stereocenters. The van der Waals surface area contributed by atoms with Gasteiger partial charge in [-0.15, -0.1) is 0 Å². The van der Waals surface area contributed by atoms with Gasteiger partial charge in [-0.3, -0.25) is 0 Å². The zero-order valence-electron chi connectivity index (χ0n) is 22.8. The van der Waals surface area contributed by atoms with Crippen molar-refractivity contribution in [3.05, 3.63) is 58.8 Å². The third-order valence-electron chi connectivity index (χ3n) is 7.77. The van der Waals surface area contributed by atoms with Crippen LogP contribution >= 0.6 is 11.6 Å². The van der Waals surface area contributed by atoms with Crippen LogP contribution in [0.1, 0.15) is 44.1 Å². The summed E-state index contributed by atoms with van der Waals surface area (Å²) in [6, 6.07) is 8.69. The van der Waals surface area contributed by atoms with Crippen molar-refractivity contribution in [2.24, 2.45) is 5.92 Å². The second-order valence-corrected chi connectivity index (χ2v) is 13.0. The van der Waals surface area contributed by atoms with E-state index in [4.69, 9.17) is 23.4 Å². The van der Waals surface area contributed by atoms with Gasteiger partial charge in [-0.2, -0.15) is 10.4 Å². The molecular weight excluding hydrogens is 562 g/mol. The van der Waals surface area contributed by atoms with E-state index in [0.717, 1.165) is 31.2 Å². The van der Waals surface area contributed by atoms with Gasteiger partial charge < -0.3 is 10.6 Å². The van der Waals surface area contributed by atoms with Gasteiger partial charge in [-0.05, 0) is 56.2 Å². The fraction of sp³-hybridized carbons (Fsp3) is 0.464. The van der Waals surface area contributed by atoms with E-state index in [2.05, 4.69) is 36.6 Å². The van der Waals surface area contributed by atoms with Gasteiger partial charge in [0.25, 0.3) is 0 Å². The van der Waals surface area contributed by atoms with E-state index in [9.17, 15) is 8.42 Å². The van der Waals surface area contributed by atoms with Crippen LogP contribution in [0.3, 0.4) is 0 Å². The number of benzene rings is 1. The minimum atomic E-state index is -3.20. The molecule has 3 heterocycles. The van der Waals surface area contributed by atoms with Crippen molar-refractivity contribution >= 4 is 33.3 Å². The molecule has 0 spiro atoms. The highest BCUT2D eigenvalue weighted by molar-refractivity contribution is 7.88. The van der Waals surface area contributed by atoms with Gasteiger partial charge in [-0.25, -0.2) is 32.2 Å². The van der Waals surface area contributed by atoms with Crippen LogP contribution in [-0.4, -0.2) is 63.9 Å². The Balaban J connectivity index is 1.25. The average molecular weight is 594 g/mol. The Bertz CT molecular complexity index is 1580. The van der Waals surface area contributed by atoms with E-state index < -0.39 is 10.0 Å². The lowest BCUT2D eigenvalue weighted by atomic mass is 9.87. The van der Waals surface area contributed by atoms with Gasteiger partial charge in [-0.1, -0.05) is 17.7 Å². The zero-order chi connectivity index (χ0) is 29.0. The van der Waals surface area contributed by atoms with E-state index in [-0.39, 0.29) is 12.0 Å². The molecule has 1 aliphatic heterocycles. The van der Waals surface area contributed by atoms with Crippen LogP contribution in [-0.2, 0) is 16.6 Å². The van der Waals surface area contributed by atoms with E-state index in [1.54, 1.807) is 17.1 Å². The smallest absolute Gasteiger partial charge is 0.231 e. The molecule has 0 radical (unpaired) electrons. The number of aromatic nitrogens is 4. The molecular formula is C28H32ClN9O2S. The molecule has 13 heteroatoms. The van der Waals surface area contributed by atoms with Gasteiger partial charge in [0, 0.05) is 55.6 Å². The summed E-state index contributed by atoms with van der Waals surface area (Å²) in [5.41, 5.74) is 3.20. The molecule has 1 aromatic carbocycles. The Morgan fingerprint density at radius 3 is 2.56 bits per heavy atom. The van der Waals surface area contributed by atoms with Gasteiger partial charge >= 0.3 is 0 Å². The minimum absolute atomic E-state index is 0.0294. The Morgan fingerprint density at radius 2 is 1.90 bits per heavy atom. The summed E-state index contributed by atoms with van der Waals surface area (Å²) < 4.78 is 26.7. The number of halogens is 1. The van der Waals surface area contributed by atoms with Gasteiger partial charge in [0.05, 0.1) is 41.5 Å². The van der Waals surface area contributed by atoms with E-state index >= 15 is 0 Å². The molecule has 2 aliphatic rings. The Kier molecular flexibility index (Phi) is 8.85. The molecule has 214 valence electrons. The quantitative estimate of drug-likeness (QED) is 0.364. The first-order valence-electron chi connectivity index (χ1n) is 13.7. The Hall–Kier alpha value is -3.55. The molecule has 11 nitrogen and oxygen atoms in total. The average Bonchev–Trinajstić information content (AvgIpc) is 3.46. The van der Waals surface area contributed by atoms with Crippen molar-refractivity contribution in [3.63, 3.8) is 0 Å². The lowest BCUT2D eigenvalue weighted by Gasteiger charge is -2.30. The van der Waals surface area contributed by atoms with Crippen molar-refractivity contribution in [1.82, 2.24) is 29.4 Å². The van der Waals surface area contributed by atoms with Gasteiger partial charge in [0.2, 0.25) is 21.7 Å². The Labute approximate surface area is 245 Å². The predicted molar refractivity (Wildman–Crippen MR) is 157 cm³/mol. The van der Waals surface area contributed by atoms with Crippen LogP contribution in [0.25, 0.3) is 21.8 Å². The van der Waals surface area contributed by atoms with Crippen molar-refractivity contribution < 1.29 is 8.42 Å². The fourth-order valence-corrected chi connectivity index (χ4v) is 6.53. The first-order chi connectivity index (χ1) is 19.7. The number of sulfonamides is 1. The summed E-state index contributed by atoms with van der Waals surface area (Å²) in [5.74, 6) is 0.567. The lowest BCUT2D eigenvalue weighted by Crippen LogP contribution is -2.42. The maximum Gasteiger partial charge on any atom is 0.231 e. The van der Waals surface area contributed by atoms with E-state index in [0.29, 0.717) is 72.1 Å². The van der Waals surface area contributed by atoms with Crippen molar-refractivity contribution in [2.75, 3.05) is 24.7 Å². The van der Waals surface area contributed by atoms with Crippen LogP contribution in [0.2, 0.25) is 5.02 Å². The summed E-state index contributed by atoms with van der Waals surface area (Å²) >= 11 is 6.66. The number of hydrogen-bond donors (Lipinski definition) is 2. The maximum atomic E-state index is 11.8. The predicted octanol–water partition coefficient (Wildman–Crippen LogP) is 4.54. The maximum absolute atomic E-state index is 11.8. The van der Waals surface area contributed by atoms with Crippen molar-refractivity contribution in [3.8, 4) is 23.0 Å². The number of hydrogen-bond acceptors (Lipinski definition) is 8. The largest absolute Gasteiger partial charge is 0.351 e. The topological polar surface area (TPSA) is 133 Å². The molecule has 2 N–H and O–H groups in total. The highest BCUT2D eigenvalue weighted by Crippen LogP contribution is 2.31. The van der Waals surface area contributed by atoms with E-state index in [1.165, 1.54) is 16.8 Å². The molecule has 41 heavy (non-hydrogen) atoms. The SMILES string of the molecule is [C-]#[N+]c1cnc(NC2CCN(S(C)(=O)=O)CC2)nc1-c1cnn(-c2ccc(CNC3CCC(C#N)CC3)cc2Cl)c1. The number of piperidine rings is 1. The van der Waals surface area contributed by atoms with Crippen LogP contribution in [0, 0.1) is 23.8 Å². The third-order valence-corrected chi connectivity index (χ3v) is 9.37. The highest BCUT2D eigenvalue weighted by atomic mass is 35.5. The zero-order valence-corrected chi connectivity index (χ0v) is 24.4. The third kappa shape index (κ3) is 7.03. The van der Waals surface area contributed by atoms with Crippen LogP contribution in [0.15, 0.2) is 36.8 Å². The molecule has 5 rings (SSSR count).